The summed E-state index contributed by atoms with van der Waals surface area (Å²) in [5, 5.41) is 19.7. The zero-order chi connectivity index (χ0) is 12.1. The average Bonchev–Trinajstić information content (AvgIpc) is 3.05. The van der Waals surface area contributed by atoms with Gasteiger partial charge >= 0.3 is 12.0 Å². The van der Waals surface area contributed by atoms with Gasteiger partial charge in [-0.1, -0.05) is 0 Å². The first-order valence-electron chi connectivity index (χ1n) is 5.17. The van der Waals surface area contributed by atoms with Crippen molar-refractivity contribution >= 4 is 12.0 Å². The van der Waals surface area contributed by atoms with Crippen molar-refractivity contribution < 1.29 is 14.7 Å². The van der Waals surface area contributed by atoms with Crippen LogP contribution in [0.15, 0.2) is 0 Å². The van der Waals surface area contributed by atoms with E-state index in [2.05, 4.69) is 5.32 Å². The van der Waals surface area contributed by atoms with E-state index in [1.165, 1.54) is 4.90 Å². The van der Waals surface area contributed by atoms with E-state index in [0.717, 1.165) is 12.8 Å². The third-order valence-corrected chi connectivity index (χ3v) is 2.54. The van der Waals surface area contributed by atoms with Crippen molar-refractivity contribution in [2.45, 2.75) is 25.3 Å². The summed E-state index contributed by atoms with van der Waals surface area (Å²) in [4.78, 5) is 23.7. The molecule has 1 atom stereocenters. The van der Waals surface area contributed by atoms with Crippen LogP contribution in [0.3, 0.4) is 0 Å². The van der Waals surface area contributed by atoms with E-state index in [9.17, 15) is 9.59 Å². The molecule has 0 bridgehead atoms. The largest absolute Gasteiger partial charge is 0.480 e. The maximum Gasteiger partial charge on any atom is 0.326 e. The van der Waals surface area contributed by atoms with Gasteiger partial charge in [-0.25, -0.2) is 9.59 Å². The van der Waals surface area contributed by atoms with Gasteiger partial charge in [-0.05, 0) is 18.8 Å². The molecule has 1 rings (SSSR count). The third kappa shape index (κ3) is 3.42. The lowest BCUT2D eigenvalue weighted by Crippen LogP contribution is -2.47. The fraction of sp³-hybridized carbons (Fsp3) is 0.700. The van der Waals surface area contributed by atoms with Crippen LogP contribution in [0, 0.1) is 17.2 Å². The molecule has 88 valence electrons. The summed E-state index contributed by atoms with van der Waals surface area (Å²) < 4.78 is 0. The summed E-state index contributed by atoms with van der Waals surface area (Å²) in [6, 6.07) is 0.697. The number of carbonyl (C=O) groups is 2. The van der Waals surface area contributed by atoms with Crippen LogP contribution in [0.2, 0.25) is 0 Å². The van der Waals surface area contributed by atoms with Gasteiger partial charge in [-0.3, -0.25) is 0 Å². The molecule has 6 heteroatoms. The topological polar surface area (TPSA) is 93.4 Å². The van der Waals surface area contributed by atoms with E-state index in [1.54, 1.807) is 7.05 Å². The fourth-order valence-electron chi connectivity index (χ4n) is 1.37. The lowest BCUT2D eigenvalue weighted by atomic mass is 10.2. The number of hydrogen-bond donors (Lipinski definition) is 2. The highest BCUT2D eigenvalue weighted by atomic mass is 16.4. The van der Waals surface area contributed by atoms with Crippen LogP contribution in [-0.2, 0) is 4.79 Å². The van der Waals surface area contributed by atoms with E-state index in [0.29, 0.717) is 6.54 Å². The smallest absolute Gasteiger partial charge is 0.326 e. The Labute approximate surface area is 93.8 Å². The van der Waals surface area contributed by atoms with Crippen molar-refractivity contribution in [1.29, 1.82) is 5.26 Å². The third-order valence-electron chi connectivity index (χ3n) is 2.54. The predicted octanol–water partition coefficient (Wildman–Crippen LogP) is 0.405. The predicted molar refractivity (Wildman–Crippen MR) is 55.5 cm³/mol. The van der Waals surface area contributed by atoms with Crippen LogP contribution in [0.1, 0.15) is 19.3 Å². The molecule has 0 saturated heterocycles. The van der Waals surface area contributed by atoms with Crippen LogP contribution in [0.4, 0.5) is 4.79 Å². The second-order valence-corrected chi connectivity index (χ2v) is 3.93. The van der Waals surface area contributed by atoms with Crippen molar-refractivity contribution in [3.8, 4) is 6.07 Å². The first kappa shape index (κ1) is 12.3. The minimum absolute atomic E-state index is 0.0609. The number of nitrogens with one attached hydrogen (secondary N) is 1. The standard InChI is InChI=1S/C10H15N3O3/c1-13(6-2-5-11)10(16)12-8(9(14)15)7-3-4-7/h7-8H,2-4,6H2,1H3,(H,12,16)(H,14,15). The number of nitrogens with zero attached hydrogens (tertiary/aromatic N) is 2. The number of carboxylic acids is 1. The first-order chi connectivity index (χ1) is 7.56. The van der Waals surface area contributed by atoms with Crippen LogP contribution < -0.4 is 5.32 Å². The maximum absolute atomic E-state index is 11.5. The Morgan fingerprint density at radius 1 is 1.62 bits per heavy atom. The summed E-state index contributed by atoms with van der Waals surface area (Å²) in [5.41, 5.74) is 0. The van der Waals surface area contributed by atoms with Gasteiger partial charge in [0.2, 0.25) is 0 Å². The van der Waals surface area contributed by atoms with E-state index in [1.807, 2.05) is 6.07 Å². The second-order valence-electron chi connectivity index (χ2n) is 3.93. The van der Waals surface area contributed by atoms with Crippen LogP contribution >= 0.6 is 0 Å². The Morgan fingerprint density at radius 2 is 2.25 bits per heavy atom. The molecule has 16 heavy (non-hydrogen) atoms. The summed E-state index contributed by atoms with van der Waals surface area (Å²) in [7, 11) is 1.54. The molecule has 2 amide bonds. The Morgan fingerprint density at radius 3 is 2.69 bits per heavy atom. The number of rotatable bonds is 5. The van der Waals surface area contributed by atoms with Gasteiger partial charge in [-0.2, -0.15) is 5.26 Å². The van der Waals surface area contributed by atoms with Crippen LogP contribution in [-0.4, -0.2) is 41.6 Å². The quantitative estimate of drug-likeness (QED) is 0.708. The zero-order valence-electron chi connectivity index (χ0n) is 9.14. The van der Waals surface area contributed by atoms with E-state index in [4.69, 9.17) is 10.4 Å². The summed E-state index contributed by atoms with van der Waals surface area (Å²) in [6.07, 6.45) is 1.93. The highest BCUT2D eigenvalue weighted by molar-refractivity contribution is 5.83. The molecular formula is C10H15N3O3. The second kappa shape index (κ2) is 5.35. The first-order valence-corrected chi connectivity index (χ1v) is 5.17. The minimum Gasteiger partial charge on any atom is -0.480 e. The monoisotopic (exact) mass is 225 g/mol. The SMILES string of the molecule is CN(CCC#N)C(=O)NC(C(=O)O)C1CC1. The van der Waals surface area contributed by atoms with Crippen LogP contribution in [0.5, 0.6) is 0 Å². The molecule has 0 aromatic heterocycles. The van der Waals surface area contributed by atoms with Gasteiger partial charge in [-0.15, -0.1) is 0 Å². The normalized spacial score (nSPS) is 16.0. The van der Waals surface area contributed by atoms with Gasteiger partial charge in [0.1, 0.15) is 6.04 Å². The number of amides is 2. The lowest BCUT2D eigenvalue weighted by Gasteiger charge is -2.20. The molecule has 0 heterocycles. The van der Waals surface area contributed by atoms with Crippen molar-refractivity contribution in [1.82, 2.24) is 10.2 Å². The Bertz CT molecular complexity index is 320. The number of carboxylic acid groups (broad SMARTS) is 1. The fourth-order valence-corrected chi connectivity index (χ4v) is 1.37. The highest BCUT2D eigenvalue weighted by Crippen LogP contribution is 2.32. The zero-order valence-corrected chi connectivity index (χ0v) is 9.14. The van der Waals surface area contributed by atoms with Crippen molar-refractivity contribution in [3.05, 3.63) is 0 Å². The molecule has 0 aromatic carbocycles. The summed E-state index contributed by atoms with van der Waals surface area (Å²) in [6.45, 7) is 0.305. The van der Waals surface area contributed by atoms with Crippen molar-refractivity contribution in [2.24, 2.45) is 5.92 Å². The van der Waals surface area contributed by atoms with Gasteiger partial charge < -0.3 is 15.3 Å². The molecule has 1 saturated carbocycles. The van der Waals surface area contributed by atoms with Crippen molar-refractivity contribution in [3.63, 3.8) is 0 Å². The van der Waals surface area contributed by atoms with Crippen LogP contribution in [0.25, 0.3) is 0 Å². The van der Waals surface area contributed by atoms with E-state index < -0.39 is 18.0 Å². The molecular weight excluding hydrogens is 210 g/mol. The lowest BCUT2D eigenvalue weighted by molar-refractivity contribution is -0.139. The van der Waals surface area contributed by atoms with E-state index in [-0.39, 0.29) is 12.3 Å². The summed E-state index contributed by atoms with van der Waals surface area (Å²) >= 11 is 0. The average molecular weight is 225 g/mol. The summed E-state index contributed by atoms with van der Waals surface area (Å²) in [5.74, 6) is -0.935. The Kier molecular flexibility index (Phi) is 4.11. The Balaban J connectivity index is 2.42. The number of nitriles is 1. The molecule has 1 unspecified atom stereocenters. The molecule has 0 aromatic rings. The molecule has 1 fully saturated rings. The Hall–Kier alpha value is -1.77. The highest BCUT2D eigenvalue weighted by Gasteiger charge is 2.37. The van der Waals surface area contributed by atoms with Gasteiger partial charge in [0, 0.05) is 13.6 Å². The van der Waals surface area contributed by atoms with Crippen molar-refractivity contribution in [2.75, 3.05) is 13.6 Å². The molecule has 0 radical (unpaired) electrons. The van der Waals surface area contributed by atoms with E-state index >= 15 is 0 Å². The maximum atomic E-state index is 11.5. The molecule has 0 aliphatic heterocycles. The van der Waals surface area contributed by atoms with Gasteiger partial charge in [0.05, 0.1) is 12.5 Å². The minimum atomic E-state index is -0.996. The number of aliphatic carboxylic acids is 1. The molecule has 1 aliphatic rings. The molecule has 2 N–H and O–H groups in total. The number of carbonyl (C=O) groups excluding carboxylic acids is 1. The molecule has 1 aliphatic carbocycles. The number of urea groups is 1. The van der Waals surface area contributed by atoms with Gasteiger partial charge in [0.25, 0.3) is 0 Å². The molecule has 6 nitrogen and oxygen atoms in total. The number of hydrogen-bond acceptors (Lipinski definition) is 3. The molecule has 0 spiro atoms. The van der Waals surface area contributed by atoms with Gasteiger partial charge in [0.15, 0.2) is 0 Å².